The Balaban J connectivity index is 1.56. The van der Waals surface area contributed by atoms with E-state index >= 15 is 0 Å². The van der Waals surface area contributed by atoms with Crippen molar-refractivity contribution in [3.8, 4) is 0 Å². The topological polar surface area (TPSA) is 52.6 Å². The lowest BCUT2D eigenvalue weighted by Gasteiger charge is -2.25. The molecular weight excluding hydrogens is 407 g/mol. The highest BCUT2D eigenvalue weighted by Gasteiger charge is 2.29. The van der Waals surface area contributed by atoms with Crippen LogP contribution in [0.5, 0.6) is 0 Å². The van der Waals surface area contributed by atoms with Crippen LogP contribution in [-0.4, -0.2) is 19.2 Å². The Labute approximate surface area is 184 Å². The Kier molecular flexibility index (Phi) is 7.84. The van der Waals surface area contributed by atoms with Crippen molar-refractivity contribution in [1.29, 1.82) is 0 Å². The number of ether oxygens (including phenoxy) is 1. The van der Waals surface area contributed by atoms with Crippen LogP contribution >= 0.6 is 7.37 Å². The molecule has 0 amide bonds. The normalized spacial score (nSPS) is 11.8. The average molecular weight is 436 g/mol. The van der Waals surface area contributed by atoms with Crippen LogP contribution in [-0.2, 0) is 13.8 Å². The summed E-state index contributed by atoms with van der Waals surface area (Å²) in [5.41, 5.74) is 0.338. The van der Waals surface area contributed by atoms with Crippen LogP contribution in [0.3, 0.4) is 0 Å². The lowest BCUT2D eigenvalue weighted by Crippen LogP contribution is -2.23. The van der Waals surface area contributed by atoms with E-state index in [1.165, 1.54) is 0 Å². The highest BCUT2D eigenvalue weighted by molar-refractivity contribution is 7.74. The van der Waals surface area contributed by atoms with Crippen molar-refractivity contribution >= 4 is 23.9 Å². The zero-order valence-corrected chi connectivity index (χ0v) is 19.0. The molecule has 31 heavy (non-hydrogen) atoms. The fourth-order valence-corrected chi connectivity index (χ4v) is 5.39. The summed E-state index contributed by atoms with van der Waals surface area (Å²) in [6, 6.07) is 27.7. The van der Waals surface area contributed by atoms with Gasteiger partial charge in [-0.25, -0.2) is 4.79 Å². The van der Waals surface area contributed by atoms with Gasteiger partial charge in [-0.05, 0) is 54.7 Å². The van der Waals surface area contributed by atoms with Crippen molar-refractivity contribution in [3.05, 3.63) is 96.6 Å². The summed E-state index contributed by atoms with van der Waals surface area (Å²) in [6.45, 7) is 4.78. The van der Waals surface area contributed by atoms with Gasteiger partial charge in [-0.2, -0.15) is 0 Å². The molecule has 0 unspecified atom stereocenters. The number of carbonyl (C=O) groups excluding carboxylic acids is 1. The molecule has 4 nitrogen and oxygen atoms in total. The largest absolute Gasteiger partial charge is 0.462 e. The first-order valence-corrected chi connectivity index (χ1v) is 12.1. The van der Waals surface area contributed by atoms with Gasteiger partial charge in [0.1, 0.15) is 0 Å². The Bertz CT molecular complexity index is 958. The summed E-state index contributed by atoms with van der Waals surface area (Å²) in [7, 11) is -3.16. The van der Waals surface area contributed by atoms with E-state index in [1.807, 2.05) is 78.9 Å². The molecule has 0 N–H and O–H groups in total. The molecule has 0 aliphatic heterocycles. The maximum absolute atomic E-state index is 13.8. The predicted molar refractivity (Wildman–Crippen MR) is 125 cm³/mol. The van der Waals surface area contributed by atoms with E-state index in [9.17, 15) is 9.36 Å². The molecular formula is C26H29O4P. The standard InChI is InChI=1S/C26H29O4P/c1-26(2,21-29-25(27)22-13-6-3-7-14-22)19-12-20-30-31(28,23-15-8-4-9-16-23)24-17-10-5-11-18-24/h3-11,13-18H,12,19-21H2,1-2H3. The molecule has 5 heteroatoms. The first kappa shape index (κ1) is 23.0. The first-order valence-electron chi connectivity index (χ1n) is 10.5. The van der Waals surface area contributed by atoms with Crippen LogP contribution in [0.25, 0.3) is 0 Å². The number of hydrogen-bond donors (Lipinski definition) is 0. The van der Waals surface area contributed by atoms with E-state index in [0.717, 1.165) is 6.42 Å². The van der Waals surface area contributed by atoms with Gasteiger partial charge in [-0.3, -0.25) is 4.57 Å². The van der Waals surface area contributed by atoms with Gasteiger partial charge < -0.3 is 9.26 Å². The van der Waals surface area contributed by atoms with Gasteiger partial charge >= 0.3 is 5.97 Å². The highest BCUT2D eigenvalue weighted by atomic mass is 31.2. The van der Waals surface area contributed by atoms with Crippen molar-refractivity contribution in [2.24, 2.45) is 5.41 Å². The molecule has 0 saturated carbocycles. The maximum Gasteiger partial charge on any atom is 0.338 e. The SMILES string of the molecule is CC(C)(CCCOP(=O)(c1ccccc1)c1ccccc1)COC(=O)c1ccccc1. The number of carbonyl (C=O) groups is 1. The van der Waals surface area contributed by atoms with Crippen LogP contribution in [0.1, 0.15) is 37.0 Å². The lowest BCUT2D eigenvalue weighted by atomic mass is 9.89. The molecule has 0 radical (unpaired) electrons. The third kappa shape index (κ3) is 6.40. The molecule has 0 heterocycles. The summed E-state index contributed by atoms with van der Waals surface area (Å²) in [6.07, 6.45) is 1.48. The van der Waals surface area contributed by atoms with Gasteiger partial charge in [0.05, 0.1) is 18.8 Å². The third-order valence-corrected chi connectivity index (χ3v) is 7.57. The molecule has 3 aromatic carbocycles. The van der Waals surface area contributed by atoms with Gasteiger partial charge in [-0.15, -0.1) is 0 Å². The van der Waals surface area contributed by atoms with E-state index in [4.69, 9.17) is 9.26 Å². The Morgan fingerprint density at radius 1 is 0.806 bits per heavy atom. The molecule has 3 aromatic rings. The molecule has 0 aliphatic rings. The fraction of sp³-hybridized carbons (Fsp3) is 0.269. The Morgan fingerprint density at radius 3 is 1.81 bits per heavy atom. The van der Waals surface area contributed by atoms with Gasteiger partial charge in [0, 0.05) is 10.6 Å². The van der Waals surface area contributed by atoms with E-state index in [-0.39, 0.29) is 11.4 Å². The van der Waals surface area contributed by atoms with E-state index in [1.54, 1.807) is 12.1 Å². The zero-order valence-electron chi connectivity index (χ0n) is 18.1. The summed E-state index contributed by atoms with van der Waals surface area (Å²) in [4.78, 5) is 12.2. The summed E-state index contributed by atoms with van der Waals surface area (Å²) >= 11 is 0. The Hall–Kier alpha value is -2.68. The van der Waals surface area contributed by atoms with Gasteiger partial charge in [0.25, 0.3) is 7.37 Å². The lowest BCUT2D eigenvalue weighted by molar-refractivity contribution is 0.0319. The van der Waals surface area contributed by atoms with Crippen LogP contribution in [0.2, 0.25) is 0 Å². The molecule has 162 valence electrons. The van der Waals surface area contributed by atoms with Crippen LogP contribution in [0.4, 0.5) is 0 Å². The van der Waals surface area contributed by atoms with Crippen molar-refractivity contribution in [3.63, 3.8) is 0 Å². The zero-order chi connectivity index (χ0) is 22.2. The number of benzene rings is 3. The van der Waals surface area contributed by atoms with E-state index < -0.39 is 7.37 Å². The molecule has 0 atom stereocenters. The molecule has 0 aliphatic carbocycles. The first-order chi connectivity index (χ1) is 14.9. The summed E-state index contributed by atoms with van der Waals surface area (Å²) in [5.74, 6) is -0.317. The molecule has 0 fully saturated rings. The fourth-order valence-electron chi connectivity index (χ4n) is 3.28. The second kappa shape index (κ2) is 10.6. The average Bonchev–Trinajstić information content (AvgIpc) is 2.82. The quantitative estimate of drug-likeness (QED) is 0.236. The predicted octanol–water partition coefficient (Wildman–Crippen LogP) is 5.60. The third-order valence-electron chi connectivity index (χ3n) is 5.07. The molecule has 0 bridgehead atoms. The molecule has 0 aromatic heterocycles. The number of hydrogen-bond acceptors (Lipinski definition) is 4. The van der Waals surface area contributed by atoms with Gasteiger partial charge in [-0.1, -0.05) is 68.4 Å². The minimum Gasteiger partial charge on any atom is -0.462 e. The van der Waals surface area contributed by atoms with Gasteiger partial charge in [0.15, 0.2) is 0 Å². The summed E-state index contributed by atoms with van der Waals surface area (Å²) < 4.78 is 25.4. The number of esters is 1. The number of rotatable bonds is 10. The van der Waals surface area contributed by atoms with E-state index in [2.05, 4.69) is 13.8 Å². The smallest absolute Gasteiger partial charge is 0.338 e. The Morgan fingerprint density at radius 2 is 1.29 bits per heavy atom. The van der Waals surface area contributed by atoms with Crippen molar-refractivity contribution in [2.45, 2.75) is 26.7 Å². The van der Waals surface area contributed by atoms with Crippen LogP contribution in [0.15, 0.2) is 91.0 Å². The second-order valence-corrected chi connectivity index (χ2v) is 10.7. The molecule has 0 saturated heterocycles. The van der Waals surface area contributed by atoms with Gasteiger partial charge in [0.2, 0.25) is 0 Å². The van der Waals surface area contributed by atoms with E-state index in [0.29, 0.717) is 35.8 Å². The van der Waals surface area contributed by atoms with Crippen molar-refractivity contribution in [1.82, 2.24) is 0 Å². The second-order valence-electron chi connectivity index (χ2n) is 8.27. The summed E-state index contributed by atoms with van der Waals surface area (Å²) in [5, 5.41) is 1.38. The molecule has 3 rings (SSSR count). The maximum atomic E-state index is 13.8. The molecule has 0 spiro atoms. The van der Waals surface area contributed by atoms with Crippen molar-refractivity contribution in [2.75, 3.05) is 13.2 Å². The van der Waals surface area contributed by atoms with Crippen LogP contribution < -0.4 is 10.6 Å². The highest BCUT2D eigenvalue weighted by Crippen LogP contribution is 2.44. The minimum absolute atomic E-state index is 0.211. The minimum atomic E-state index is -3.16. The van der Waals surface area contributed by atoms with Crippen molar-refractivity contribution < 1.29 is 18.6 Å². The van der Waals surface area contributed by atoms with Crippen LogP contribution in [0, 0.1) is 5.41 Å². The monoisotopic (exact) mass is 436 g/mol.